The highest BCUT2D eigenvalue weighted by atomic mass is 16.5. The minimum Gasteiger partial charge on any atom is -0.491 e. The SMILES string of the molecule is CC(=CC(=O)Nc1ccccc1OCCCC(=O)O)c1ccc2c(ccn2C(CC(C)C)c2ccccc2)c1. The number of nitrogens with one attached hydrogen (secondary N) is 1. The predicted molar refractivity (Wildman–Crippen MR) is 157 cm³/mol. The van der Waals surface area contributed by atoms with Crippen LogP contribution in [0.1, 0.15) is 57.2 Å². The van der Waals surface area contributed by atoms with E-state index in [0.717, 1.165) is 22.9 Å². The van der Waals surface area contributed by atoms with Gasteiger partial charge in [0.1, 0.15) is 5.75 Å². The largest absolute Gasteiger partial charge is 0.491 e. The van der Waals surface area contributed by atoms with Gasteiger partial charge in [0.25, 0.3) is 0 Å². The van der Waals surface area contributed by atoms with Crippen molar-refractivity contribution in [2.45, 2.75) is 46.1 Å². The third-order valence-corrected chi connectivity index (χ3v) is 6.68. The van der Waals surface area contributed by atoms with Crippen molar-refractivity contribution >= 4 is 34.0 Å². The third kappa shape index (κ3) is 7.38. The molecule has 202 valence electrons. The number of hydrogen-bond acceptors (Lipinski definition) is 3. The molecule has 6 heteroatoms. The number of para-hydroxylation sites is 2. The molecule has 2 N–H and O–H groups in total. The van der Waals surface area contributed by atoms with E-state index in [-0.39, 0.29) is 25.0 Å². The molecule has 0 radical (unpaired) electrons. The Morgan fingerprint density at radius 2 is 1.74 bits per heavy atom. The van der Waals surface area contributed by atoms with Crippen LogP contribution in [0.5, 0.6) is 5.75 Å². The molecule has 0 fully saturated rings. The van der Waals surface area contributed by atoms with E-state index < -0.39 is 5.97 Å². The zero-order valence-electron chi connectivity index (χ0n) is 22.8. The zero-order chi connectivity index (χ0) is 27.8. The van der Waals surface area contributed by atoms with Crippen LogP contribution in [0.3, 0.4) is 0 Å². The number of allylic oxidation sites excluding steroid dienone is 1. The highest BCUT2D eigenvalue weighted by Crippen LogP contribution is 2.32. The summed E-state index contributed by atoms with van der Waals surface area (Å²) in [6.07, 6.45) is 5.22. The van der Waals surface area contributed by atoms with Gasteiger partial charge in [0, 0.05) is 29.6 Å². The average Bonchev–Trinajstić information content (AvgIpc) is 3.34. The number of rotatable bonds is 12. The van der Waals surface area contributed by atoms with E-state index in [1.165, 1.54) is 11.1 Å². The molecule has 1 amide bonds. The predicted octanol–water partition coefficient (Wildman–Crippen LogP) is 7.56. The Hall–Kier alpha value is -4.32. The fraction of sp³-hybridized carbons (Fsp3) is 0.273. The first-order valence-electron chi connectivity index (χ1n) is 13.4. The van der Waals surface area contributed by atoms with Crippen LogP contribution in [0, 0.1) is 5.92 Å². The third-order valence-electron chi connectivity index (χ3n) is 6.68. The smallest absolute Gasteiger partial charge is 0.303 e. The van der Waals surface area contributed by atoms with Crippen molar-refractivity contribution in [2.24, 2.45) is 5.92 Å². The summed E-state index contributed by atoms with van der Waals surface area (Å²) < 4.78 is 8.06. The van der Waals surface area contributed by atoms with Crippen LogP contribution < -0.4 is 10.1 Å². The molecule has 6 nitrogen and oxygen atoms in total. The Labute approximate surface area is 229 Å². The molecule has 3 aromatic carbocycles. The molecule has 39 heavy (non-hydrogen) atoms. The number of benzene rings is 3. The maximum atomic E-state index is 12.9. The van der Waals surface area contributed by atoms with Gasteiger partial charge in [-0.1, -0.05) is 62.4 Å². The highest BCUT2D eigenvalue weighted by molar-refractivity contribution is 6.04. The van der Waals surface area contributed by atoms with E-state index in [1.807, 2.05) is 19.1 Å². The van der Waals surface area contributed by atoms with Gasteiger partial charge in [-0.05, 0) is 72.7 Å². The average molecular weight is 525 g/mol. The highest BCUT2D eigenvalue weighted by Gasteiger charge is 2.17. The molecule has 0 saturated heterocycles. The molecule has 1 atom stereocenters. The van der Waals surface area contributed by atoms with Crippen molar-refractivity contribution in [3.63, 3.8) is 0 Å². The molecule has 1 unspecified atom stereocenters. The number of carboxylic acids is 1. The number of amides is 1. The van der Waals surface area contributed by atoms with Gasteiger partial charge in [0.05, 0.1) is 18.3 Å². The lowest BCUT2D eigenvalue weighted by atomic mass is 9.96. The number of hydrogen-bond donors (Lipinski definition) is 2. The minimum atomic E-state index is -0.859. The fourth-order valence-corrected chi connectivity index (χ4v) is 4.76. The normalized spacial score (nSPS) is 12.5. The summed E-state index contributed by atoms with van der Waals surface area (Å²) in [6.45, 7) is 6.69. The summed E-state index contributed by atoms with van der Waals surface area (Å²) in [4.78, 5) is 23.6. The Morgan fingerprint density at radius 3 is 2.49 bits per heavy atom. The van der Waals surface area contributed by atoms with E-state index in [0.29, 0.717) is 23.8 Å². The molecule has 0 bridgehead atoms. The number of nitrogens with zero attached hydrogens (tertiary/aromatic N) is 1. The van der Waals surface area contributed by atoms with Gasteiger partial charge in [0.15, 0.2) is 0 Å². The lowest BCUT2D eigenvalue weighted by molar-refractivity contribution is -0.137. The number of carboxylic acid groups (broad SMARTS) is 1. The van der Waals surface area contributed by atoms with Gasteiger partial charge in [-0.2, -0.15) is 0 Å². The maximum absolute atomic E-state index is 12.9. The molecule has 1 heterocycles. The Balaban J connectivity index is 1.50. The van der Waals surface area contributed by atoms with Crippen LogP contribution >= 0.6 is 0 Å². The van der Waals surface area contributed by atoms with Crippen LogP contribution in [0.4, 0.5) is 5.69 Å². The molecule has 0 spiro atoms. The number of carbonyl (C=O) groups excluding carboxylic acids is 1. The lowest BCUT2D eigenvalue weighted by Gasteiger charge is -2.23. The summed E-state index contributed by atoms with van der Waals surface area (Å²) in [7, 11) is 0. The van der Waals surface area contributed by atoms with E-state index in [2.05, 4.69) is 84.5 Å². The first kappa shape index (κ1) is 27.7. The van der Waals surface area contributed by atoms with Crippen LogP contribution in [-0.2, 0) is 9.59 Å². The van der Waals surface area contributed by atoms with Gasteiger partial charge in [-0.15, -0.1) is 0 Å². The van der Waals surface area contributed by atoms with Crippen molar-refractivity contribution in [2.75, 3.05) is 11.9 Å². The van der Waals surface area contributed by atoms with Gasteiger partial charge in [0.2, 0.25) is 5.91 Å². The lowest BCUT2D eigenvalue weighted by Crippen LogP contribution is -2.12. The number of fused-ring (bicyclic) bond motifs is 1. The topological polar surface area (TPSA) is 80.6 Å². The van der Waals surface area contributed by atoms with Crippen molar-refractivity contribution in [1.82, 2.24) is 4.57 Å². The Morgan fingerprint density at radius 1 is 1.00 bits per heavy atom. The van der Waals surface area contributed by atoms with Crippen LogP contribution in [-0.4, -0.2) is 28.2 Å². The van der Waals surface area contributed by atoms with E-state index in [4.69, 9.17) is 9.84 Å². The quantitative estimate of drug-likeness (QED) is 0.148. The Kier molecular flexibility index (Phi) is 9.21. The summed E-state index contributed by atoms with van der Waals surface area (Å²) in [5.41, 5.74) is 4.84. The number of aromatic nitrogens is 1. The van der Waals surface area contributed by atoms with Crippen molar-refractivity contribution < 1.29 is 19.4 Å². The monoisotopic (exact) mass is 524 g/mol. The number of anilines is 1. The number of carbonyl (C=O) groups is 2. The molecule has 0 saturated carbocycles. The Bertz CT molecular complexity index is 1450. The first-order valence-corrected chi connectivity index (χ1v) is 13.4. The van der Waals surface area contributed by atoms with Crippen molar-refractivity contribution in [1.29, 1.82) is 0 Å². The van der Waals surface area contributed by atoms with Crippen LogP contribution in [0.25, 0.3) is 16.5 Å². The van der Waals surface area contributed by atoms with Crippen molar-refractivity contribution in [3.8, 4) is 5.75 Å². The van der Waals surface area contributed by atoms with Crippen LogP contribution in [0.15, 0.2) is 91.1 Å². The van der Waals surface area contributed by atoms with E-state index in [1.54, 1.807) is 18.2 Å². The molecule has 4 aromatic rings. The second-order valence-corrected chi connectivity index (χ2v) is 10.2. The number of ether oxygens (including phenoxy) is 1. The first-order chi connectivity index (χ1) is 18.8. The minimum absolute atomic E-state index is 0.0365. The summed E-state index contributed by atoms with van der Waals surface area (Å²) in [6, 6.07) is 26.5. The summed E-state index contributed by atoms with van der Waals surface area (Å²) >= 11 is 0. The number of aliphatic carboxylic acids is 1. The van der Waals surface area contributed by atoms with E-state index >= 15 is 0 Å². The van der Waals surface area contributed by atoms with E-state index in [9.17, 15) is 9.59 Å². The molecule has 0 aliphatic carbocycles. The molecule has 1 aromatic heterocycles. The summed E-state index contributed by atoms with van der Waals surface area (Å²) in [5.74, 6) is -0.0507. The van der Waals surface area contributed by atoms with Gasteiger partial charge >= 0.3 is 5.97 Å². The molecule has 0 aliphatic heterocycles. The van der Waals surface area contributed by atoms with Crippen molar-refractivity contribution in [3.05, 3.63) is 102 Å². The van der Waals surface area contributed by atoms with Gasteiger partial charge in [-0.25, -0.2) is 0 Å². The zero-order valence-corrected chi connectivity index (χ0v) is 22.8. The van der Waals surface area contributed by atoms with Gasteiger partial charge in [-0.3, -0.25) is 9.59 Å². The second kappa shape index (κ2) is 13.0. The van der Waals surface area contributed by atoms with Crippen LogP contribution in [0.2, 0.25) is 0 Å². The molecular weight excluding hydrogens is 488 g/mol. The standard InChI is InChI=1S/C33H36N2O4/c1-23(2)20-30(25-10-5-4-6-11-25)35-18-17-27-22-26(15-16-29(27)35)24(3)21-32(36)34-28-12-7-8-13-31(28)39-19-9-14-33(37)38/h4-8,10-13,15-18,21-23,30H,9,14,19-20H2,1-3H3,(H,34,36)(H,37,38). The second-order valence-electron chi connectivity index (χ2n) is 10.2. The molecule has 0 aliphatic rings. The molecular formula is C33H36N2O4. The summed E-state index contributed by atoms with van der Waals surface area (Å²) in [5, 5.41) is 12.8. The fourth-order valence-electron chi connectivity index (χ4n) is 4.76. The molecule has 4 rings (SSSR count). The van der Waals surface area contributed by atoms with Gasteiger partial charge < -0.3 is 19.7 Å². The maximum Gasteiger partial charge on any atom is 0.303 e.